The molecule has 2 nitrogen and oxygen atoms in total. The fourth-order valence-electron chi connectivity index (χ4n) is 2.26. The molecule has 0 bridgehead atoms. The minimum Gasteiger partial charge on any atom is -0.383 e. The molecule has 1 atom stereocenters. The Morgan fingerprint density at radius 2 is 2.06 bits per heavy atom. The van der Waals surface area contributed by atoms with Crippen LogP contribution in [0.15, 0.2) is 18.2 Å². The number of hydrogen-bond acceptors (Lipinski definition) is 2. The molecule has 0 saturated heterocycles. The summed E-state index contributed by atoms with van der Waals surface area (Å²) in [6.07, 6.45) is -3.51. The molecule has 5 heteroatoms. The molecule has 100 valence electrons. The molecule has 0 aromatic heterocycles. The number of alkyl halides is 3. The highest BCUT2D eigenvalue weighted by atomic mass is 19.4. The third-order valence-electron chi connectivity index (χ3n) is 3.01. The Morgan fingerprint density at radius 1 is 1.33 bits per heavy atom. The van der Waals surface area contributed by atoms with E-state index in [1.165, 1.54) is 6.07 Å². The highest BCUT2D eigenvalue weighted by molar-refractivity contribution is 5.56. The molecule has 2 N–H and O–H groups in total. The number of anilines is 1. The molecular weight excluding hydrogens is 241 g/mol. The Kier molecular flexibility index (Phi) is 3.52. The second-order valence-corrected chi connectivity index (χ2v) is 4.97. The minimum atomic E-state index is -4.27. The third kappa shape index (κ3) is 2.96. The number of nitrogens with one attached hydrogen (secondary N) is 2. The smallest absolute Gasteiger partial charge is 0.383 e. The summed E-state index contributed by atoms with van der Waals surface area (Å²) in [5, 5.41) is 6.45. The van der Waals surface area contributed by atoms with Crippen LogP contribution in [0.1, 0.15) is 25.0 Å². The summed E-state index contributed by atoms with van der Waals surface area (Å²) in [5.41, 5.74) is 0.947. The van der Waals surface area contributed by atoms with E-state index < -0.39 is 11.7 Å². The maximum absolute atomic E-state index is 12.6. The van der Waals surface area contributed by atoms with Crippen molar-refractivity contribution >= 4 is 5.69 Å². The zero-order valence-corrected chi connectivity index (χ0v) is 10.4. The van der Waals surface area contributed by atoms with Gasteiger partial charge in [-0.2, -0.15) is 13.2 Å². The predicted octanol–water partition coefficient (Wildman–Crippen LogP) is 3.04. The average Bonchev–Trinajstić information content (AvgIpc) is 2.26. The maximum atomic E-state index is 12.6. The molecule has 0 saturated carbocycles. The molecule has 0 radical (unpaired) electrons. The topological polar surface area (TPSA) is 24.1 Å². The van der Waals surface area contributed by atoms with Gasteiger partial charge in [0.1, 0.15) is 0 Å². The molecule has 2 rings (SSSR count). The quantitative estimate of drug-likeness (QED) is 0.852. The Bertz CT molecular complexity index is 427. The average molecular weight is 258 g/mol. The van der Waals surface area contributed by atoms with E-state index in [2.05, 4.69) is 24.5 Å². The van der Waals surface area contributed by atoms with Gasteiger partial charge >= 0.3 is 6.18 Å². The highest BCUT2D eigenvalue weighted by Crippen LogP contribution is 2.33. The van der Waals surface area contributed by atoms with Crippen LogP contribution in [0.5, 0.6) is 0 Å². The van der Waals surface area contributed by atoms with E-state index in [9.17, 15) is 13.2 Å². The third-order valence-corrected chi connectivity index (χ3v) is 3.01. The Hall–Kier alpha value is -1.23. The predicted molar refractivity (Wildman–Crippen MR) is 65.7 cm³/mol. The number of halogens is 3. The lowest BCUT2D eigenvalue weighted by Gasteiger charge is -2.29. The van der Waals surface area contributed by atoms with Crippen LogP contribution in [-0.4, -0.2) is 18.6 Å². The summed E-state index contributed by atoms with van der Waals surface area (Å²) in [6.45, 7) is 4.77. The van der Waals surface area contributed by atoms with Gasteiger partial charge in [0.2, 0.25) is 0 Å². The summed E-state index contributed by atoms with van der Waals surface area (Å²) in [7, 11) is 0. The van der Waals surface area contributed by atoms with E-state index in [1.807, 2.05) is 0 Å². The Morgan fingerprint density at radius 3 is 2.67 bits per heavy atom. The fourth-order valence-corrected chi connectivity index (χ4v) is 2.26. The standard InChI is InChI=1S/C13H17F3N2/c1-8(2)18-11-5-9-3-4-10(13(14,15)16)6-12(9)17-7-11/h3-4,6,8,11,17-18H,5,7H2,1-2H3. The molecule has 1 aromatic carbocycles. The lowest BCUT2D eigenvalue weighted by molar-refractivity contribution is -0.137. The van der Waals surface area contributed by atoms with Crippen molar-refractivity contribution in [3.8, 4) is 0 Å². The molecular formula is C13H17F3N2. The van der Waals surface area contributed by atoms with Gasteiger partial charge in [-0.1, -0.05) is 19.9 Å². The SMILES string of the molecule is CC(C)NC1CNc2cc(C(F)(F)F)ccc2C1. The largest absolute Gasteiger partial charge is 0.416 e. The van der Waals surface area contributed by atoms with Gasteiger partial charge in [0, 0.05) is 24.3 Å². The fraction of sp³-hybridized carbons (Fsp3) is 0.538. The van der Waals surface area contributed by atoms with Crippen LogP contribution in [0.2, 0.25) is 0 Å². The lowest BCUT2D eigenvalue weighted by Crippen LogP contribution is -2.43. The molecule has 0 spiro atoms. The van der Waals surface area contributed by atoms with E-state index in [0.29, 0.717) is 18.3 Å². The first-order valence-electron chi connectivity index (χ1n) is 6.06. The molecule has 1 unspecified atom stereocenters. The van der Waals surface area contributed by atoms with Crippen molar-refractivity contribution in [1.82, 2.24) is 5.32 Å². The van der Waals surface area contributed by atoms with Crippen LogP contribution < -0.4 is 10.6 Å². The van der Waals surface area contributed by atoms with Gasteiger partial charge in [-0.05, 0) is 24.1 Å². The maximum Gasteiger partial charge on any atom is 0.416 e. The molecule has 1 aliphatic heterocycles. The van der Waals surface area contributed by atoms with E-state index in [0.717, 1.165) is 18.1 Å². The number of rotatable bonds is 2. The highest BCUT2D eigenvalue weighted by Gasteiger charge is 2.31. The summed E-state index contributed by atoms with van der Waals surface area (Å²) in [6, 6.07) is 4.56. The van der Waals surface area contributed by atoms with Gasteiger partial charge in [0.05, 0.1) is 5.56 Å². The summed E-state index contributed by atoms with van der Waals surface area (Å²) < 4.78 is 37.7. The number of hydrogen-bond donors (Lipinski definition) is 2. The van der Waals surface area contributed by atoms with Crippen LogP contribution in [0.4, 0.5) is 18.9 Å². The van der Waals surface area contributed by atoms with Crippen molar-refractivity contribution in [1.29, 1.82) is 0 Å². The van der Waals surface area contributed by atoms with Crippen molar-refractivity contribution in [3.63, 3.8) is 0 Å². The Labute approximate surface area is 105 Å². The van der Waals surface area contributed by atoms with Crippen LogP contribution in [0.3, 0.4) is 0 Å². The molecule has 0 aliphatic carbocycles. The zero-order valence-electron chi connectivity index (χ0n) is 10.4. The second kappa shape index (κ2) is 4.80. The first-order valence-corrected chi connectivity index (χ1v) is 6.06. The van der Waals surface area contributed by atoms with E-state index in [1.54, 1.807) is 6.07 Å². The van der Waals surface area contributed by atoms with Gasteiger partial charge in [-0.3, -0.25) is 0 Å². The van der Waals surface area contributed by atoms with E-state index >= 15 is 0 Å². The van der Waals surface area contributed by atoms with E-state index in [-0.39, 0.29) is 6.04 Å². The normalized spacial score (nSPS) is 19.6. The number of fused-ring (bicyclic) bond motifs is 1. The van der Waals surface area contributed by atoms with Gasteiger partial charge in [0.25, 0.3) is 0 Å². The lowest BCUT2D eigenvalue weighted by atomic mass is 9.97. The van der Waals surface area contributed by atoms with Crippen molar-refractivity contribution in [3.05, 3.63) is 29.3 Å². The van der Waals surface area contributed by atoms with E-state index in [4.69, 9.17) is 0 Å². The summed E-state index contributed by atoms with van der Waals surface area (Å²) >= 11 is 0. The van der Waals surface area contributed by atoms with Crippen LogP contribution in [-0.2, 0) is 12.6 Å². The van der Waals surface area contributed by atoms with Crippen LogP contribution in [0.25, 0.3) is 0 Å². The molecule has 1 aromatic rings. The van der Waals surface area contributed by atoms with Crippen LogP contribution >= 0.6 is 0 Å². The minimum absolute atomic E-state index is 0.272. The molecule has 1 aliphatic rings. The summed E-state index contributed by atoms with van der Waals surface area (Å²) in [5.74, 6) is 0. The van der Waals surface area contributed by atoms with Crippen molar-refractivity contribution < 1.29 is 13.2 Å². The number of benzene rings is 1. The van der Waals surface area contributed by atoms with Gasteiger partial charge in [-0.25, -0.2) is 0 Å². The molecule has 0 amide bonds. The van der Waals surface area contributed by atoms with Crippen molar-refractivity contribution in [2.24, 2.45) is 0 Å². The molecule has 18 heavy (non-hydrogen) atoms. The van der Waals surface area contributed by atoms with Crippen LogP contribution in [0, 0.1) is 0 Å². The zero-order chi connectivity index (χ0) is 13.3. The van der Waals surface area contributed by atoms with Gasteiger partial charge in [0.15, 0.2) is 0 Å². The summed E-state index contributed by atoms with van der Waals surface area (Å²) in [4.78, 5) is 0. The molecule has 0 fully saturated rings. The second-order valence-electron chi connectivity index (χ2n) is 4.97. The van der Waals surface area contributed by atoms with Gasteiger partial charge in [-0.15, -0.1) is 0 Å². The van der Waals surface area contributed by atoms with Gasteiger partial charge < -0.3 is 10.6 Å². The first-order chi connectivity index (χ1) is 8.36. The monoisotopic (exact) mass is 258 g/mol. The Balaban J connectivity index is 2.16. The van der Waals surface area contributed by atoms with Crippen molar-refractivity contribution in [2.75, 3.05) is 11.9 Å². The van der Waals surface area contributed by atoms with Crippen molar-refractivity contribution in [2.45, 2.75) is 38.5 Å². The molecule has 1 heterocycles. The first kappa shape index (κ1) is 13.2.